The molecule has 1 aromatic rings. The molecule has 0 radical (unpaired) electrons. The molecule has 0 unspecified atom stereocenters. The van der Waals surface area contributed by atoms with Gasteiger partial charge in [0.25, 0.3) is 0 Å². The Labute approximate surface area is 125 Å². The molecule has 20 heavy (non-hydrogen) atoms. The van der Waals surface area contributed by atoms with Gasteiger partial charge in [0.15, 0.2) is 0 Å². The van der Waals surface area contributed by atoms with E-state index in [9.17, 15) is 9.18 Å². The zero-order valence-corrected chi connectivity index (χ0v) is 12.5. The predicted octanol–water partition coefficient (Wildman–Crippen LogP) is 2.71. The lowest BCUT2D eigenvalue weighted by Crippen LogP contribution is -2.46. The van der Waals surface area contributed by atoms with Crippen molar-refractivity contribution < 1.29 is 13.9 Å². The summed E-state index contributed by atoms with van der Waals surface area (Å²) in [5.74, 6) is -0.321. The Bertz CT molecular complexity index is 506. The maximum Gasteiger partial charge on any atom is 0.315 e. The van der Waals surface area contributed by atoms with Crippen LogP contribution in [0.25, 0.3) is 0 Å². The van der Waals surface area contributed by atoms with Gasteiger partial charge in [-0.05, 0) is 43.0 Å². The van der Waals surface area contributed by atoms with Crippen LogP contribution >= 0.6 is 15.9 Å². The van der Waals surface area contributed by atoms with Crippen LogP contribution in [0.1, 0.15) is 24.8 Å². The Morgan fingerprint density at radius 2 is 2.25 bits per heavy atom. The van der Waals surface area contributed by atoms with Crippen LogP contribution in [0.4, 0.5) is 9.18 Å². The van der Waals surface area contributed by atoms with E-state index in [2.05, 4.69) is 26.6 Å². The summed E-state index contributed by atoms with van der Waals surface area (Å²) in [6, 6.07) is 4.45. The van der Waals surface area contributed by atoms with Gasteiger partial charge in [-0.3, -0.25) is 0 Å². The zero-order valence-electron chi connectivity index (χ0n) is 10.9. The molecule has 3 rings (SSSR count). The van der Waals surface area contributed by atoms with Crippen LogP contribution in [-0.4, -0.2) is 24.3 Å². The van der Waals surface area contributed by atoms with Crippen LogP contribution in [0, 0.1) is 5.82 Å². The first-order chi connectivity index (χ1) is 9.60. The van der Waals surface area contributed by atoms with Gasteiger partial charge < -0.3 is 15.4 Å². The first kappa shape index (κ1) is 13.8. The minimum atomic E-state index is -0.321. The predicted molar refractivity (Wildman–Crippen MR) is 75.8 cm³/mol. The molecule has 2 amide bonds. The summed E-state index contributed by atoms with van der Waals surface area (Å²) < 4.78 is 19.6. The SMILES string of the molecule is O=C(NCc1cc(F)cc(Br)c1)N[C@H]1C[C@H]2CC[C@H]1O2. The summed E-state index contributed by atoms with van der Waals surface area (Å²) in [6.45, 7) is 0.296. The van der Waals surface area contributed by atoms with Gasteiger partial charge in [-0.1, -0.05) is 15.9 Å². The summed E-state index contributed by atoms with van der Waals surface area (Å²) in [5.41, 5.74) is 0.719. The van der Waals surface area contributed by atoms with Crippen molar-refractivity contribution in [1.29, 1.82) is 0 Å². The molecule has 1 aromatic carbocycles. The third-order valence-electron chi connectivity index (χ3n) is 3.80. The zero-order chi connectivity index (χ0) is 14.1. The second kappa shape index (κ2) is 5.69. The molecule has 3 atom stereocenters. The second-order valence-corrected chi connectivity index (χ2v) is 6.24. The van der Waals surface area contributed by atoms with Crippen molar-refractivity contribution in [3.63, 3.8) is 0 Å². The van der Waals surface area contributed by atoms with Gasteiger partial charge in [-0.2, -0.15) is 0 Å². The van der Waals surface area contributed by atoms with Crippen LogP contribution in [0.5, 0.6) is 0 Å². The van der Waals surface area contributed by atoms with Gasteiger partial charge >= 0.3 is 6.03 Å². The quantitative estimate of drug-likeness (QED) is 0.887. The number of halogens is 2. The minimum Gasteiger partial charge on any atom is -0.373 e. The number of fused-ring (bicyclic) bond motifs is 2. The number of benzene rings is 1. The highest BCUT2D eigenvalue weighted by molar-refractivity contribution is 9.10. The summed E-state index contributed by atoms with van der Waals surface area (Å²) in [7, 11) is 0. The van der Waals surface area contributed by atoms with Crippen LogP contribution in [0.15, 0.2) is 22.7 Å². The smallest absolute Gasteiger partial charge is 0.315 e. The molecule has 2 aliphatic heterocycles. The second-order valence-electron chi connectivity index (χ2n) is 5.32. The standard InChI is InChI=1S/C14H16BrFN2O2/c15-9-3-8(4-10(16)5-9)7-17-14(19)18-12-6-11-1-2-13(12)20-11/h3-5,11-13H,1-2,6-7H2,(H2,17,18,19)/t11-,12+,13-/m1/s1. The van der Waals surface area contributed by atoms with Gasteiger partial charge in [0.1, 0.15) is 5.82 Å². The van der Waals surface area contributed by atoms with Crippen molar-refractivity contribution in [3.05, 3.63) is 34.1 Å². The molecule has 2 bridgehead atoms. The van der Waals surface area contributed by atoms with E-state index in [1.807, 2.05) is 0 Å². The lowest BCUT2D eigenvalue weighted by atomic mass is 9.96. The highest BCUT2D eigenvalue weighted by Gasteiger charge is 2.41. The van der Waals surface area contributed by atoms with E-state index in [1.165, 1.54) is 12.1 Å². The molecular weight excluding hydrogens is 327 g/mol. The maximum absolute atomic E-state index is 13.2. The number of rotatable bonds is 3. The summed E-state index contributed by atoms with van der Waals surface area (Å²) in [4.78, 5) is 11.8. The minimum absolute atomic E-state index is 0.105. The molecule has 0 aliphatic carbocycles. The average Bonchev–Trinajstić information content (AvgIpc) is 2.97. The fourth-order valence-electron chi connectivity index (χ4n) is 2.90. The van der Waals surface area contributed by atoms with E-state index in [0.29, 0.717) is 17.1 Å². The van der Waals surface area contributed by atoms with Crippen molar-refractivity contribution in [2.45, 2.75) is 44.1 Å². The number of urea groups is 1. The highest BCUT2D eigenvalue weighted by atomic mass is 79.9. The Balaban J connectivity index is 1.49. The summed E-state index contributed by atoms with van der Waals surface area (Å²) in [5, 5.41) is 5.68. The largest absolute Gasteiger partial charge is 0.373 e. The van der Waals surface area contributed by atoms with E-state index in [4.69, 9.17) is 4.74 Å². The monoisotopic (exact) mass is 342 g/mol. The fraction of sp³-hybridized carbons (Fsp3) is 0.500. The van der Waals surface area contributed by atoms with Gasteiger partial charge in [-0.15, -0.1) is 0 Å². The van der Waals surface area contributed by atoms with Crippen LogP contribution in [-0.2, 0) is 11.3 Å². The molecule has 4 nitrogen and oxygen atoms in total. The summed E-state index contributed by atoms with van der Waals surface area (Å²) >= 11 is 3.23. The third-order valence-corrected chi connectivity index (χ3v) is 4.26. The van der Waals surface area contributed by atoms with Crippen LogP contribution < -0.4 is 10.6 Å². The topological polar surface area (TPSA) is 50.4 Å². The lowest BCUT2D eigenvalue weighted by molar-refractivity contribution is 0.0981. The Morgan fingerprint density at radius 1 is 1.40 bits per heavy atom. The number of ether oxygens (including phenoxy) is 1. The first-order valence-electron chi connectivity index (χ1n) is 6.75. The lowest BCUT2D eigenvalue weighted by Gasteiger charge is -2.20. The number of nitrogens with one attached hydrogen (secondary N) is 2. The van der Waals surface area contributed by atoms with Crippen molar-refractivity contribution in [1.82, 2.24) is 10.6 Å². The third kappa shape index (κ3) is 3.12. The molecule has 2 aliphatic rings. The van der Waals surface area contributed by atoms with Gasteiger partial charge in [0.2, 0.25) is 0 Å². The van der Waals surface area contributed by atoms with Crippen LogP contribution in [0.3, 0.4) is 0 Å². The number of hydrogen-bond acceptors (Lipinski definition) is 2. The molecule has 2 heterocycles. The van der Waals surface area contributed by atoms with Gasteiger partial charge in [0.05, 0.1) is 18.2 Å². The molecule has 0 aromatic heterocycles. The van der Waals surface area contributed by atoms with Gasteiger partial charge in [-0.25, -0.2) is 9.18 Å². The van der Waals surface area contributed by atoms with E-state index in [0.717, 1.165) is 24.8 Å². The fourth-order valence-corrected chi connectivity index (χ4v) is 3.42. The number of carbonyl (C=O) groups excluding carboxylic acids is 1. The molecule has 6 heteroatoms. The Morgan fingerprint density at radius 3 is 2.90 bits per heavy atom. The van der Waals surface area contributed by atoms with E-state index >= 15 is 0 Å². The Hall–Kier alpha value is -1.14. The van der Waals surface area contributed by atoms with Crippen molar-refractivity contribution >= 4 is 22.0 Å². The number of hydrogen-bond donors (Lipinski definition) is 2. The van der Waals surface area contributed by atoms with E-state index in [-0.39, 0.29) is 24.0 Å². The normalized spacial score (nSPS) is 27.6. The van der Waals surface area contributed by atoms with E-state index in [1.54, 1.807) is 6.07 Å². The molecular formula is C14H16BrFN2O2. The molecule has 2 saturated heterocycles. The first-order valence-corrected chi connectivity index (χ1v) is 7.54. The molecule has 108 valence electrons. The van der Waals surface area contributed by atoms with Crippen molar-refractivity contribution in [3.8, 4) is 0 Å². The molecule has 0 saturated carbocycles. The van der Waals surface area contributed by atoms with E-state index < -0.39 is 0 Å². The highest BCUT2D eigenvalue weighted by Crippen LogP contribution is 2.34. The number of amides is 2. The molecule has 2 N–H and O–H groups in total. The van der Waals surface area contributed by atoms with Crippen molar-refractivity contribution in [2.75, 3.05) is 0 Å². The molecule has 0 spiro atoms. The van der Waals surface area contributed by atoms with Gasteiger partial charge in [0, 0.05) is 11.0 Å². The average molecular weight is 343 g/mol. The number of carbonyl (C=O) groups is 1. The Kier molecular flexibility index (Phi) is 3.94. The van der Waals surface area contributed by atoms with Crippen molar-refractivity contribution in [2.24, 2.45) is 0 Å². The summed E-state index contributed by atoms with van der Waals surface area (Å²) in [6.07, 6.45) is 3.48. The maximum atomic E-state index is 13.2. The molecule has 2 fully saturated rings. The van der Waals surface area contributed by atoms with Crippen LogP contribution in [0.2, 0.25) is 0 Å².